The summed E-state index contributed by atoms with van der Waals surface area (Å²) in [7, 11) is 1.40. The zero-order valence-corrected chi connectivity index (χ0v) is 12.0. The number of hydrogen-bond donors (Lipinski definition) is 1. The van der Waals surface area contributed by atoms with Gasteiger partial charge < -0.3 is 10.1 Å². The van der Waals surface area contributed by atoms with Crippen LogP contribution in [0, 0.1) is 11.8 Å². The Hall–Kier alpha value is -1.51. The molecule has 0 saturated heterocycles. The van der Waals surface area contributed by atoms with Gasteiger partial charge in [-0.15, -0.1) is 0 Å². The predicted molar refractivity (Wildman–Crippen MR) is 77.4 cm³/mol. The summed E-state index contributed by atoms with van der Waals surface area (Å²) in [6, 6.07) is 8.07. The number of ether oxygens (including phenoxy) is 1. The molecule has 0 heterocycles. The average Bonchev–Trinajstić information content (AvgIpc) is 2.43. The summed E-state index contributed by atoms with van der Waals surface area (Å²) < 4.78 is 4.70. The fraction of sp³-hybridized carbons (Fsp3) is 0.562. The van der Waals surface area contributed by atoms with Gasteiger partial charge in [0.1, 0.15) is 0 Å². The Morgan fingerprint density at radius 3 is 2.53 bits per heavy atom. The lowest BCUT2D eigenvalue weighted by Gasteiger charge is -2.34. The molecule has 1 aromatic carbocycles. The first-order chi connectivity index (χ1) is 9.10. The van der Waals surface area contributed by atoms with Crippen molar-refractivity contribution >= 4 is 11.7 Å². The normalized spacial score (nSPS) is 26.8. The molecule has 1 aliphatic rings. The van der Waals surface area contributed by atoms with Crippen molar-refractivity contribution in [2.24, 2.45) is 11.8 Å². The summed E-state index contributed by atoms with van der Waals surface area (Å²) in [6.07, 6.45) is 3.85. The molecule has 1 aromatic rings. The van der Waals surface area contributed by atoms with Crippen LogP contribution in [0.3, 0.4) is 0 Å². The molecule has 3 nitrogen and oxygen atoms in total. The lowest BCUT2D eigenvalue weighted by Crippen LogP contribution is -2.33. The molecule has 1 N–H and O–H groups in total. The second kappa shape index (κ2) is 6.09. The molecule has 3 unspecified atom stereocenters. The maximum atomic E-state index is 11.4. The van der Waals surface area contributed by atoms with Crippen molar-refractivity contribution in [3.8, 4) is 0 Å². The van der Waals surface area contributed by atoms with Crippen LogP contribution in [0.1, 0.15) is 43.5 Å². The van der Waals surface area contributed by atoms with E-state index in [1.807, 2.05) is 24.3 Å². The fourth-order valence-corrected chi connectivity index (χ4v) is 2.77. The first-order valence-corrected chi connectivity index (χ1v) is 7.05. The van der Waals surface area contributed by atoms with E-state index in [1.165, 1.54) is 26.4 Å². The van der Waals surface area contributed by atoms with Gasteiger partial charge in [0.15, 0.2) is 0 Å². The number of esters is 1. The van der Waals surface area contributed by atoms with E-state index < -0.39 is 0 Å². The van der Waals surface area contributed by atoms with Crippen LogP contribution in [0.15, 0.2) is 24.3 Å². The van der Waals surface area contributed by atoms with Crippen LogP contribution in [0.25, 0.3) is 0 Å². The third-order valence-electron chi connectivity index (χ3n) is 4.12. The van der Waals surface area contributed by atoms with Crippen LogP contribution in [0.2, 0.25) is 0 Å². The van der Waals surface area contributed by atoms with Gasteiger partial charge >= 0.3 is 5.97 Å². The Morgan fingerprint density at radius 1 is 1.21 bits per heavy atom. The van der Waals surface area contributed by atoms with Crippen LogP contribution in [-0.4, -0.2) is 19.1 Å². The second-order valence-electron chi connectivity index (χ2n) is 5.72. The monoisotopic (exact) mass is 261 g/mol. The average molecular weight is 261 g/mol. The maximum Gasteiger partial charge on any atom is 0.337 e. The number of rotatable bonds is 3. The third kappa shape index (κ3) is 3.49. The highest BCUT2D eigenvalue weighted by atomic mass is 16.5. The largest absolute Gasteiger partial charge is 0.465 e. The summed E-state index contributed by atoms with van der Waals surface area (Å²) in [5, 5.41) is 3.59. The van der Waals surface area contributed by atoms with Crippen LogP contribution in [-0.2, 0) is 4.74 Å². The van der Waals surface area contributed by atoms with Gasteiger partial charge in [0.05, 0.1) is 12.7 Å². The first-order valence-electron chi connectivity index (χ1n) is 7.05. The highest BCUT2D eigenvalue weighted by Crippen LogP contribution is 2.30. The van der Waals surface area contributed by atoms with E-state index >= 15 is 0 Å². The van der Waals surface area contributed by atoms with E-state index in [2.05, 4.69) is 19.2 Å². The van der Waals surface area contributed by atoms with Crippen molar-refractivity contribution in [3.63, 3.8) is 0 Å². The molecule has 0 spiro atoms. The molecular formula is C16H23NO2. The molecule has 1 saturated carbocycles. The Morgan fingerprint density at radius 2 is 1.89 bits per heavy atom. The van der Waals surface area contributed by atoms with Gasteiger partial charge in [0.2, 0.25) is 0 Å². The number of benzene rings is 1. The SMILES string of the molecule is COC(=O)c1ccc(NC2CC(C)CCC2C)cc1. The van der Waals surface area contributed by atoms with E-state index in [1.54, 1.807) is 0 Å². The molecule has 19 heavy (non-hydrogen) atoms. The molecule has 0 bridgehead atoms. The van der Waals surface area contributed by atoms with Gasteiger partial charge in [-0.2, -0.15) is 0 Å². The van der Waals surface area contributed by atoms with Crippen molar-refractivity contribution in [2.45, 2.75) is 39.2 Å². The van der Waals surface area contributed by atoms with E-state index in [0.29, 0.717) is 17.5 Å². The van der Waals surface area contributed by atoms with E-state index in [4.69, 9.17) is 4.74 Å². The maximum absolute atomic E-state index is 11.4. The predicted octanol–water partition coefficient (Wildman–Crippen LogP) is 3.71. The topological polar surface area (TPSA) is 38.3 Å². The summed E-state index contributed by atoms with van der Waals surface area (Å²) >= 11 is 0. The van der Waals surface area contributed by atoms with Gasteiger partial charge in [-0.05, 0) is 48.9 Å². The Kier molecular flexibility index (Phi) is 4.46. The Bertz CT molecular complexity index is 427. The zero-order chi connectivity index (χ0) is 13.8. The van der Waals surface area contributed by atoms with Gasteiger partial charge in [-0.25, -0.2) is 4.79 Å². The summed E-state index contributed by atoms with van der Waals surface area (Å²) in [4.78, 5) is 11.4. The molecule has 104 valence electrons. The molecule has 0 radical (unpaired) electrons. The van der Waals surface area contributed by atoms with Crippen molar-refractivity contribution < 1.29 is 9.53 Å². The van der Waals surface area contributed by atoms with Crippen molar-refractivity contribution in [1.29, 1.82) is 0 Å². The Labute approximate surface area is 115 Å². The lowest BCUT2D eigenvalue weighted by molar-refractivity contribution is 0.0601. The number of methoxy groups -OCH3 is 1. The molecular weight excluding hydrogens is 238 g/mol. The molecule has 1 fully saturated rings. The van der Waals surface area contributed by atoms with Crippen molar-refractivity contribution in [2.75, 3.05) is 12.4 Å². The molecule has 0 amide bonds. The lowest BCUT2D eigenvalue weighted by atomic mass is 9.80. The minimum atomic E-state index is -0.286. The highest BCUT2D eigenvalue weighted by Gasteiger charge is 2.25. The van der Waals surface area contributed by atoms with Crippen molar-refractivity contribution in [3.05, 3.63) is 29.8 Å². The van der Waals surface area contributed by atoms with E-state index in [9.17, 15) is 4.79 Å². The van der Waals surface area contributed by atoms with Gasteiger partial charge in [0.25, 0.3) is 0 Å². The second-order valence-corrected chi connectivity index (χ2v) is 5.72. The molecule has 3 heteroatoms. The fourth-order valence-electron chi connectivity index (χ4n) is 2.77. The van der Waals surface area contributed by atoms with Crippen LogP contribution >= 0.6 is 0 Å². The quantitative estimate of drug-likeness (QED) is 0.843. The summed E-state index contributed by atoms with van der Waals surface area (Å²) in [5.74, 6) is 1.21. The van der Waals surface area contributed by atoms with E-state index in [0.717, 1.165) is 11.6 Å². The molecule has 2 rings (SSSR count). The number of carbonyl (C=O) groups is 1. The minimum Gasteiger partial charge on any atom is -0.465 e. The van der Waals surface area contributed by atoms with Gasteiger partial charge in [-0.3, -0.25) is 0 Å². The van der Waals surface area contributed by atoms with Crippen LogP contribution in [0.5, 0.6) is 0 Å². The summed E-state index contributed by atoms with van der Waals surface area (Å²) in [5.41, 5.74) is 1.68. The van der Waals surface area contributed by atoms with Gasteiger partial charge in [-0.1, -0.05) is 20.3 Å². The number of carbonyl (C=O) groups excluding carboxylic acids is 1. The smallest absolute Gasteiger partial charge is 0.337 e. The highest BCUT2D eigenvalue weighted by molar-refractivity contribution is 5.89. The van der Waals surface area contributed by atoms with Crippen LogP contribution < -0.4 is 5.32 Å². The van der Waals surface area contributed by atoms with Crippen LogP contribution in [0.4, 0.5) is 5.69 Å². The number of hydrogen-bond acceptors (Lipinski definition) is 3. The standard InChI is InChI=1S/C16H23NO2/c1-11-4-5-12(2)15(10-11)17-14-8-6-13(7-9-14)16(18)19-3/h6-9,11-12,15,17H,4-5,10H2,1-3H3. The number of nitrogens with one attached hydrogen (secondary N) is 1. The molecule has 1 aliphatic carbocycles. The molecule has 3 atom stereocenters. The Balaban J connectivity index is 2.00. The van der Waals surface area contributed by atoms with Crippen molar-refractivity contribution in [1.82, 2.24) is 0 Å². The summed E-state index contributed by atoms with van der Waals surface area (Å²) in [6.45, 7) is 4.63. The first kappa shape index (κ1) is 13.9. The number of anilines is 1. The van der Waals surface area contributed by atoms with E-state index in [-0.39, 0.29) is 5.97 Å². The third-order valence-corrected chi connectivity index (χ3v) is 4.12. The molecule has 0 aliphatic heterocycles. The van der Waals surface area contributed by atoms with Gasteiger partial charge in [0, 0.05) is 11.7 Å². The zero-order valence-electron chi connectivity index (χ0n) is 12.0. The minimum absolute atomic E-state index is 0.286. The molecule has 0 aromatic heterocycles.